The van der Waals surface area contributed by atoms with Crippen LogP contribution in [0.2, 0.25) is 0 Å². The fourth-order valence-electron chi connectivity index (χ4n) is 2.17. The van der Waals surface area contributed by atoms with Gasteiger partial charge in [0.05, 0.1) is 19.0 Å². The van der Waals surface area contributed by atoms with Crippen molar-refractivity contribution < 1.29 is 4.42 Å². The summed E-state index contributed by atoms with van der Waals surface area (Å²) in [5, 5.41) is 1.98. The normalized spacial score (nSPS) is 11.2. The maximum Gasteiger partial charge on any atom is 0.329 e. The lowest BCUT2D eigenvalue weighted by molar-refractivity contribution is 0.580. The fourth-order valence-corrected chi connectivity index (χ4v) is 2.86. The second-order valence-corrected chi connectivity index (χ2v) is 5.53. The number of hydrogen-bond donors (Lipinski definition) is 1. The van der Waals surface area contributed by atoms with E-state index in [2.05, 4.69) is 15.0 Å². The Morgan fingerprint density at radius 2 is 2.29 bits per heavy atom. The van der Waals surface area contributed by atoms with Crippen LogP contribution in [0, 0.1) is 0 Å². The molecule has 0 aliphatic carbocycles. The van der Waals surface area contributed by atoms with Gasteiger partial charge in [0, 0.05) is 4.88 Å². The van der Waals surface area contributed by atoms with E-state index in [9.17, 15) is 4.79 Å². The van der Waals surface area contributed by atoms with Gasteiger partial charge in [-0.2, -0.15) is 0 Å². The van der Waals surface area contributed by atoms with E-state index >= 15 is 0 Å². The van der Waals surface area contributed by atoms with Crippen LogP contribution in [0.1, 0.15) is 4.88 Å². The third-order valence-electron chi connectivity index (χ3n) is 3.15. The quantitative estimate of drug-likeness (QED) is 0.630. The Morgan fingerprint density at radius 1 is 1.33 bits per heavy atom. The van der Waals surface area contributed by atoms with Crippen molar-refractivity contribution >= 4 is 22.6 Å². The molecule has 21 heavy (non-hydrogen) atoms. The van der Waals surface area contributed by atoms with Crippen molar-refractivity contribution in [2.24, 2.45) is 0 Å². The molecular formula is C14H10N4O2S. The minimum atomic E-state index is -0.213. The zero-order valence-corrected chi connectivity index (χ0v) is 11.6. The highest BCUT2D eigenvalue weighted by Crippen LogP contribution is 2.19. The van der Waals surface area contributed by atoms with Crippen LogP contribution in [0.25, 0.3) is 22.7 Å². The minimum Gasteiger partial charge on any atom is -0.463 e. The van der Waals surface area contributed by atoms with Crippen LogP contribution in [-0.4, -0.2) is 19.5 Å². The number of nitrogens with zero attached hydrogens (tertiary/aromatic N) is 3. The van der Waals surface area contributed by atoms with Gasteiger partial charge in [0.15, 0.2) is 17.1 Å². The molecule has 0 bridgehead atoms. The number of aromatic nitrogens is 4. The van der Waals surface area contributed by atoms with Gasteiger partial charge in [0.1, 0.15) is 5.69 Å². The molecule has 0 saturated carbocycles. The van der Waals surface area contributed by atoms with Crippen molar-refractivity contribution in [1.82, 2.24) is 19.5 Å². The molecule has 0 spiro atoms. The van der Waals surface area contributed by atoms with Gasteiger partial charge in [-0.05, 0) is 23.6 Å². The van der Waals surface area contributed by atoms with Crippen molar-refractivity contribution in [1.29, 1.82) is 0 Å². The summed E-state index contributed by atoms with van der Waals surface area (Å²) in [6.07, 6.45) is 3.17. The standard InChI is InChI=1S/C14H10N4O2S/c19-14-17-12-13(18(14)8-9-3-2-6-21-9)16-10(7-15-12)11-4-1-5-20-11/h1-7H,8H2,(H,15,17,19). The minimum absolute atomic E-state index is 0.213. The topological polar surface area (TPSA) is 76.7 Å². The lowest BCUT2D eigenvalue weighted by Crippen LogP contribution is -2.17. The van der Waals surface area contributed by atoms with Crippen LogP contribution in [0.15, 0.2) is 51.3 Å². The number of aromatic amines is 1. The monoisotopic (exact) mass is 298 g/mol. The third-order valence-corrected chi connectivity index (χ3v) is 4.01. The molecule has 104 valence electrons. The van der Waals surface area contributed by atoms with Crippen molar-refractivity contribution in [2.45, 2.75) is 6.54 Å². The summed E-state index contributed by atoms with van der Waals surface area (Å²) in [6, 6.07) is 7.54. The first-order valence-corrected chi connectivity index (χ1v) is 7.21. The van der Waals surface area contributed by atoms with E-state index in [1.165, 1.54) is 0 Å². The van der Waals surface area contributed by atoms with Gasteiger partial charge in [0.25, 0.3) is 0 Å². The summed E-state index contributed by atoms with van der Waals surface area (Å²) >= 11 is 1.60. The van der Waals surface area contributed by atoms with Gasteiger partial charge in [-0.25, -0.2) is 14.8 Å². The Bertz CT molecular complexity index is 935. The van der Waals surface area contributed by atoms with E-state index in [0.29, 0.717) is 29.3 Å². The Labute approximate surface area is 122 Å². The maximum absolute atomic E-state index is 12.1. The second-order valence-electron chi connectivity index (χ2n) is 4.50. The molecule has 1 N–H and O–H groups in total. The van der Waals surface area contributed by atoms with Gasteiger partial charge in [0.2, 0.25) is 0 Å². The molecule has 6 nitrogen and oxygen atoms in total. The molecular weight excluding hydrogens is 288 g/mol. The van der Waals surface area contributed by atoms with Crippen LogP contribution in [0.4, 0.5) is 0 Å². The number of rotatable bonds is 3. The van der Waals surface area contributed by atoms with Crippen molar-refractivity contribution in [3.63, 3.8) is 0 Å². The lowest BCUT2D eigenvalue weighted by Gasteiger charge is -2.01. The predicted octanol–water partition coefficient (Wildman–Crippen LogP) is 2.49. The number of hydrogen-bond acceptors (Lipinski definition) is 5. The molecule has 4 aromatic heterocycles. The van der Waals surface area contributed by atoms with Gasteiger partial charge < -0.3 is 4.42 Å². The number of thiophene rings is 1. The first-order chi connectivity index (χ1) is 10.3. The first-order valence-electron chi connectivity index (χ1n) is 6.33. The van der Waals surface area contributed by atoms with E-state index in [4.69, 9.17) is 4.42 Å². The van der Waals surface area contributed by atoms with Crippen LogP contribution < -0.4 is 5.69 Å². The number of furan rings is 1. The van der Waals surface area contributed by atoms with Gasteiger partial charge in [-0.15, -0.1) is 11.3 Å². The van der Waals surface area contributed by atoms with Crippen molar-refractivity contribution in [3.05, 3.63) is 57.5 Å². The summed E-state index contributed by atoms with van der Waals surface area (Å²) < 4.78 is 6.91. The summed E-state index contributed by atoms with van der Waals surface area (Å²) in [6.45, 7) is 0.479. The fraction of sp³-hybridized carbons (Fsp3) is 0.0714. The van der Waals surface area contributed by atoms with Crippen molar-refractivity contribution in [2.75, 3.05) is 0 Å². The third kappa shape index (κ3) is 2.07. The average Bonchev–Trinajstić information content (AvgIpc) is 3.22. The number of H-pyrrole nitrogens is 1. The number of nitrogens with one attached hydrogen (secondary N) is 1. The summed E-state index contributed by atoms with van der Waals surface area (Å²) in [5.74, 6) is 0.626. The molecule has 4 aromatic rings. The van der Waals surface area contributed by atoms with E-state index < -0.39 is 0 Å². The van der Waals surface area contributed by atoms with Crippen LogP contribution in [0.5, 0.6) is 0 Å². The molecule has 4 heterocycles. The number of fused-ring (bicyclic) bond motifs is 1. The molecule has 0 fully saturated rings. The molecule has 0 amide bonds. The van der Waals surface area contributed by atoms with Gasteiger partial charge >= 0.3 is 5.69 Å². The molecule has 0 atom stereocenters. The van der Waals surface area contributed by atoms with Crippen LogP contribution in [-0.2, 0) is 6.54 Å². The summed E-state index contributed by atoms with van der Waals surface area (Å²) in [4.78, 5) is 24.6. The Balaban J connectivity index is 1.87. The molecule has 0 aliphatic heterocycles. The molecule has 0 radical (unpaired) electrons. The summed E-state index contributed by atoms with van der Waals surface area (Å²) in [7, 11) is 0. The average molecular weight is 298 g/mol. The SMILES string of the molecule is O=c1[nH]c2ncc(-c3ccco3)nc2n1Cc1cccs1. The second kappa shape index (κ2) is 4.71. The number of imidazole rings is 1. The highest BCUT2D eigenvalue weighted by atomic mass is 32.1. The predicted molar refractivity (Wildman–Crippen MR) is 79.3 cm³/mol. The molecule has 4 rings (SSSR count). The van der Waals surface area contributed by atoms with E-state index in [0.717, 1.165) is 4.88 Å². The van der Waals surface area contributed by atoms with Crippen molar-refractivity contribution in [3.8, 4) is 11.5 Å². The molecule has 0 aromatic carbocycles. The highest BCUT2D eigenvalue weighted by molar-refractivity contribution is 7.09. The molecule has 0 saturated heterocycles. The highest BCUT2D eigenvalue weighted by Gasteiger charge is 2.12. The van der Waals surface area contributed by atoms with Gasteiger partial charge in [-0.1, -0.05) is 6.07 Å². The largest absolute Gasteiger partial charge is 0.463 e. The van der Waals surface area contributed by atoms with Gasteiger partial charge in [-0.3, -0.25) is 9.55 Å². The van der Waals surface area contributed by atoms with E-state index in [1.807, 2.05) is 23.6 Å². The smallest absolute Gasteiger partial charge is 0.329 e. The van der Waals surface area contributed by atoms with E-state index in [1.54, 1.807) is 34.4 Å². The Kier molecular flexibility index (Phi) is 2.71. The Hall–Kier alpha value is -2.67. The lowest BCUT2D eigenvalue weighted by atomic mass is 10.3. The van der Waals surface area contributed by atoms with Crippen LogP contribution in [0.3, 0.4) is 0 Å². The first kappa shape index (κ1) is 12.1. The maximum atomic E-state index is 12.1. The Morgan fingerprint density at radius 3 is 3.05 bits per heavy atom. The van der Waals surface area contributed by atoms with E-state index in [-0.39, 0.29) is 5.69 Å². The molecule has 7 heteroatoms. The molecule has 0 aliphatic rings. The molecule has 0 unspecified atom stereocenters. The zero-order valence-electron chi connectivity index (χ0n) is 10.8. The summed E-state index contributed by atoms with van der Waals surface area (Å²) in [5.41, 5.74) is 1.40. The zero-order chi connectivity index (χ0) is 14.2. The van der Waals surface area contributed by atoms with Crippen LogP contribution >= 0.6 is 11.3 Å².